The molecule has 2 aromatic carbocycles. The third-order valence-corrected chi connectivity index (χ3v) is 14.6. The van der Waals surface area contributed by atoms with Crippen LogP contribution in [0.15, 0.2) is 87.0 Å². The fourth-order valence-corrected chi connectivity index (χ4v) is 10.9. The van der Waals surface area contributed by atoms with Crippen molar-refractivity contribution < 1.29 is 43.0 Å². The van der Waals surface area contributed by atoms with Gasteiger partial charge in [0, 0.05) is 66.1 Å². The van der Waals surface area contributed by atoms with E-state index in [0.717, 1.165) is 28.3 Å². The molecule has 3 aliphatic heterocycles. The van der Waals surface area contributed by atoms with E-state index in [1.807, 2.05) is 24.3 Å². The molecule has 4 aliphatic rings. The number of fused-ring (bicyclic) bond motifs is 5. The number of methoxy groups -OCH3 is 1. The van der Waals surface area contributed by atoms with E-state index >= 15 is 0 Å². The number of primary amides is 1. The number of amides is 3. The first kappa shape index (κ1) is 46.7. The molecule has 0 bridgehead atoms. The van der Waals surface area contributed by atoms with Gasteiger partial charge >= 0.3 is 12.2 Å². The Kier molecular flexibility index (Phi) is 13.7. The maximum Gasteiger partial charge on any atom is 0.410 e. The first-order chi connectivity index (χ1) is 32.2. The lowest BCUT2D eigenvalue weighted by Crippen LogP contribution is -2.56. The van der Waals surface area contributed by atoms with Crippen LogP contribution in [0.4, 0.5) is 15.3 Å². The lowest BCUT2D eigenvalue weighted by molar-refractivity contribution is -0.144. The number of rotatable bonds is 19. The Balaban J connectivity index is 0.705. The summed E-state index contributed by atoms with van der Waals surface area (Å²) in [5.74, 6) is -0.786. The Labute approximate surface area is 391 Å². The number of aromatic amines is 1. The molecule has 7 N–H and O–H groups in total. The molecule has 2 saturated heterocycles. The zero-order chi connectivity index (χ0) is 47.6. The number of nitrogens with two attached hydrogens (primary N) is 2. The number of ketones is 3. The summed E-state index contributed by atoms with van der Waals surface area (Å²) in [7, 11) is 4.63. The highest BCUT2D eigenvalue weighted by Gasteiger charge is 2.78. The number of hydrogen-bond acceptors (Lipinski definition) is 18. The van der Waals surface area contributed by atoms with Gasteiger partial charge in [0.15, 0.2) is 16.9 Å². The number of ether oxygens (including phenoxy) is 3. The molecular formula is C45H48N10O10S2. The number of carbonyl (C=O) groups excluding carboxylic acids is 6. The lowest BCUT2D eigenvalue weighted by Gasteiger charge is -2.40. The SMILES string of the molecule is CO[C@@]12[C@H](COC(N)=O)C3=C(C(=O)C(C)=C(N)C3=O)N1C[C@H]1[C@@H]2N1C(=O)OCc1ccc(SSCCCC(=O)CCCNC(=O)c2ccc(NCc3cnc4nc(C)[nH]c(=O)c4n3)cc2)cc1. The van der Waals surface area contributed by atoms with Crippen LogP contribution in [0, 0.1) is 12.8 Å². The van der Waals surface area contributed by atoms with E-state index in [0.29, 0.717) is 49.4 Å². The maximum absolute atomic E-state index is 13.4. The van der Waals surface area contributed by atoms with Gasteiger partial charge in [0.1, 0.15) is 30.9 Å². The molecule has 4 atom stereocenters. The number of carbonyl (C=O) groups is 6. The van der Waals surface area contributed by atoms with Crippen LogP contribution >= 0.6 is 21.6 Å². The number of aromatic nitrogens is 4. The smallest absolute Gasteiger partial charge is 0.410 e. The maximum atomic E-state index is 13.4. The van der Waals surface area contributed by atoms with E-state index in [9.17, 15) is 33.6 Å². The molecule has 5 heterocycles. The number of nitrogens with one attached hydrogen (secondary N) is 3. The first-order valence-electron chi connectivity index (χ1n) is 21.5. The monoisotopic (exact) mass is 952 g/mol. The van der Waals surface area contributed by atoms with E-state index in [-0.39, 0.29) is 76.8 Å². The fraction of sp³-hybridized carbons (Fsp3) is 0.378. The number of piperazine rings is 1. The zero-order valence-corrected chi connectivity index (χ0v) is 38.4. The van der Waals surface area contributed by atoms with E-state index in [4.69, 9.17) is 25.7 Å². The number of hydrogen-bond donors (Lipinski definition) is 5. The molecule has 1 aliphatic carbocycles. The Morgan fingerprint density at radius 2 is 1.72 bits per heavy atom. The average molecular weight is 953 g/mol. The second kappa shape index (κ2) is 19.6. The minimum Gasteiger partial charge on any atom is -0.449 e. The van der Waals surface area contributed by atoms with Crippen LogP contribution in [0.5, 0.6) is 0 Å². The van der Waals surface area contributed by atoms with Crippen molar-refractivity contribution in [2.75, 3.05) is 37.9 Å². The Morgan fingerprint density at radius 3 is 2.45 bits per heavy atom. The van der Waals surface area contributed by atoms with Gasteiger partial charge < -0.3 is 46.2 Å². The van der Waals surface area contributed by atoms with Crippen molar-refractivity contribution in [2.45, 2.75) is 75.4 Å². The van der Waals surface area contributed by atoms with Crippen LogP contribution < -0.4 is 27.7 Å². The highest BCUT2D eigenvalue weighted by molar-refractivity contribution is 8.76. The third kappa shape index (κ3) is 9.45. The molecule has 0 unspecified atom stereocenters. The summed E-state index contributed by atoms with van der Waals surface area (Å²) in [4.78, 5) is 109. The number of allylic oxidation sites excluding steroid dienone is 2. The van der Waals surface area contributed by atoms with Crippen molar-refractivity contribution in [3.05, 3.63) is 110 Å². The summed E-state index contributed by atoms with van der Waals surface area (Å²) in [6.45, 7) is 3.68. The van der Waals surface area contributed by atoms with Crippen LogP contribution in [-0.4, -0.2) is 116 Å². The first-order valence-corrected chi connectivity index (χ1v) is 23.8. The quantitative estimate of drug-likeness (QED) is 0.0388. The zero-order valence-electron chi connectivity index (χ0n) is 36.8. The minimum atomic E-state index is -1.39. The second-order valence-corrected chi connectivity index (χ2v) is 18.8. The van der Waals surface area contributed by atoms with Crippen molar-refractivity contribution in [1.29, 1.82) is 0 Å². The molecule has 2 fully saturated rings. The average Bonchev–Trinajstić information content (AvgIpc) is 3.83. The van der Waals surface area contributed by atoms with Gasteiger partial charge in [-0.1, -0.05) is 33.7 Å². The minimum absolute atomic E-state index is 0.00185. The van der Waals surface area contributed by atoms with E-state index in [2.05, 4.69) is 30.6 Å². The molecule has 0 radical (unpaired) electrons. The Morgan fingerprint density at radius 1 is 0.970 bits per heavy atom. The van der Waals surface area contributed by atoms with E-state index in [1.165, 1.54) is 18.9 Å². The number of nitrogens with zero attached hydrogens (tertiary/aromatic N) is 5. The van der Waals surface area contributed by atoms with Gasteiger partial charge in [-0.2, -0.15) is 0 Å². The molecule has 4 aromatic rings. The number of benzene rings is 2. The Hall–Kier alpha value is -6.78. The van der Waals surface area contributed by atoms with Crippen molar-refractivity contribution in [1.82, 2.24) is 35.1 Å². The molecule has 20 nitrogen and oxygen atoms in total. The molecule has 8 rings (SSSR count). The van der Waals surface area contributed by atoms with Gasteiger partial charge in [0.2, 0.25) is 11.6 Å². The summed E-state index contributed by atoms with van der Waals surface area (Å²) in [6, 6.07) is 13.5. The highest BCUT2D eigenvalue weighted by Crippen LogP contribution is 2.60. The number of Topliss-reactive ketones (excluding diaryl/α,β-unsaturated/α-hetero) is 3. The summed E-state index contributed by atoms with van der Waals surface area (Å²) in [5, 5.41) is 6.08. The molecular weight excluding hydrogens is 905 g/mol. The van der Waals surface area contributed by atoms with Crippen molar-refractivity contribution in [3.63, 3.8) is 0 Å². The topological polar surface area (TPSA) is 284 Å². The van der Waals surface area contributed by atoms with Gasteiger partial charge in [-0.05, 0) is 68.7 Å². The summed E-state index contributed by atoms with van der Waals surface area (Å²) >= 11 is 0. The van der Waals surface area contributed by atoms with Gasteiger partial charge in [-0.3, -0.25) is 28.9 Å². The molecule has 67 heavy (non-hydrogen) atoms. The van der Waals surface area contributed by atoms with Crippen LogP contribution in [0.2, 0.25) is 0 Å². The van der Waals surface area contributed by atoms with Gasteiger partial charge in [0.05, 0.1) is 41.8 Å². The predicted molar refractivity (Wildman–Crippen MR) is 246 cm³/mol. The summed E-state index contributed by atoms with van der Waals surface area (Å²) in [5.41, 5.74) is 12.7. The van der Waals surface area contributed by atoms with Crippen LogP contribution in [-0.2, 0) is 41.7 Å². The molecule has 0 spiro atoms. The van der Waals surface area contributed by atoms with Crippen molar-refractivity contribution in [3.8, 4) is 0 Å². The van der Waals surface area contributed by atoms with Crippen LogP contribution in [0.25, 0.3) is 11.2 Å². The second-order valence-electron chi connectivity index (χ2n) is 16.3. The number of aryl methyl sites for hydroxylation is 1. The molecule has 22 heteroatoms. The normalized spacial score (nSPS) is 20.4. The van der Waals surface area contributed by atoms with E-state index in [1.54, 1.807) is 63.9 Å². The van der Waals surface area contributed by atoms with E-state index < -0.39 is 41.4 Å². The summed E-state index contributed by atoms with van der Waals surface area (Å²) in [6.07, 6.45) is 1.97. The van der Waals surface area contributed by atoms with Crippen LogP contribution in [0.1, 0.15) is 60.0 Å². The number of anilines is 1. The summed E-state index contributed by atoms with van der Waals surface area (Å²) < 4.78 is 16.9. The number of H-pyrrole nitrogens is 1. The predicted octanol–water partition coefficient (Wildman–Crippen LogP) is 3.64. The molecule has 350 valence electrons. The van der Waals surface area contributed by atoms with Crippen molar-refractivity contribution >= 4 is 73.9 Å². The highest BCUT2D eigenvalue weighted by atomic mass is 33.1. The molecule has 2 aromatic heterocycles. The van der Waals surface area contributed by atoms with Gasteiger partial charge in [0.25, 0.3) is 11.5 Å². The van der Waals surface area contributed by atoms with Gasteiger partial charge in [-0.15, -0.1) is 0 Å². The fourth-order valence-electron chi connectivity index (χ4n) is 8.82. The Bertz CT molecular complexity index is 2780. The third-order valence-electron chi connectivity index (χ3n) is 12.1. The lowest BCUT2D eigenvalue weighted by atomic mass is 9.82. The van der Waals surface area contributed by atoms with Gasteiger partial charge in [-0.25, -0.2) is 24.5 Å². The van der Waals surface area contributed by atoms with Crippen molar-refractivity contribution in [2.24, 2.45) is 17.4 Å². The standard InChI is InChI=1S/C45H48N10O10S2/c1-23-34(46)38(58)33-31(22-64-43(47)61)45(63-3)39-32(20-54(45)36(33)37(23)57)55(39)44(62)65-21-25-8-14-30(15-9-25)67-66-17-5-7-29(56)6-4-16-48-41(59)26-10-12-27(13-11-26)49-18-28-19-50-40-35(53-28)42(60)52-24(2)51-40/h8-15,19,31-32,39,49H,4-7,16-18,20-22,46H2,1-3H3,(H2,47,61)(H,48,59)(H,50,51,52,60)/t31-,32+,39+,45-,55?/m1/s1. The largest absolute Gasteiger partial charge is 0.449 e. The van der Waals surface area contributed by atoms with Crippen LogP contribution in [0.3, 0.4) is 0 Å². The molecule has 3 amide bonds. The molecule has 0 saturated carbocycles.